The van der Waals surface area contributed by atoms with E-state index in [1.54, 1.807) is 11.3 Å². The SMILES string of the molecule is CC(C)c1csc(CCNC(=O)c2cccc3ccccc23)n1. The van der Waals surface area contributed by atoms with Gasteiger partial charge >= 0.3 is 0 Å². The van der Waals surface area contributed by atoms with Gasteiger partial charge in [0.2, 0.25) is 0 Å². The highest BCUT2D eigenvalue weighted by Crippen LogP contribution is 2.19. The van der Waals surface area contributed by atoms with Gasteiger partial charge < -0.3 is 5.32 Å². The van der Waals surface area contributed by atoms with Gasteiger partial charge in [-0.15, -0.1) is 11.3 Å². The van der Waals surface area contributed by atoms with Crippen LogP contribution in [0.5, 0.6) is 0 Å². The van der Waals surface area contributed by atoms with E-state index in [4.69, 9.17) is 0 Å². The molecule has 0 bridgehead atoms. The van der Waals surface area contributed by atoms with Crippen molar-refractivity contribution >= 4 is 28.0 Å². The van der Waals surface area contributed by atoms with Crippen LogP contribution in [0.25, 0.3) is 10.8 Å². The van der Waals surface area contributed by atoms with Gasteiger partial charge in [0.05, 0.1) is 10.7 Å². The normalized spacial score (nSPS) is 11.1. The van der Waals surface area contributed by atoms with E-state index in [0.717, 1.165) is 33.5 Å². The molecule has 0 fully saturated rings. The summed E-state index contributed by atoms with van der Waals surface area (Å²) in [5.41, 5.74) is 1.86. The van der Waals surface area contributed by atoms with Gasteiger partial charge in [-0.05, 0) is 22.8 Å². The topological polar surface area (TPSA) is 42.0 Å². The van der Waals surface area contributed by atoms with Crippen molar-refractivity contribution in [1.29, 1.82) is 0 Å². The lowest BCUT2D eigenvalue weighted by molar-refractivity contribution is 0.0956. The second-order valence-corrected chi connectivity index (χ2v) is 6.80. The molecule has 0 aliphatic carbocycles. The summed E-state index contributed by atoms with van der Waals surface area (Å²) in [7, 11) is 0. The maximum absolute atomic E-state index is 12.4. The fraction of sp³-hybridized carbons (Fsp3) is 0.263. The molecule has 23 heavy (non-hydrogen) atoms. The van der Waals surface area contributed by atoms with E-state index < -0.39 is 0 Å². The number of carbonyl (C=O) groups excluding carboxylic acids is 1. The molecule has 0 atom stereocenters. The van der Waals surface area contributed by atoms with Crippen LogP contribution in [0.2, 0.25) is 0 Å². The largest absolute Gasteiger partial charge is 0.352 e. The zero-order chi connectivity index (χ0) is 16.2. The van der Waals surface area contributed by atoms with Gasteiger partial charge in [0.15, 0.2) is 0 Å². The molecular formula is C19H20N2OS. The van der Waals surface area contributed by atoms with E-state index in [9.17, 15) is 4.79 Å². The maximum Gasteiger partial charge on any atom is 0.251 e. The Bertz CT molecular complexity index is 818. The van der Waals surface area contributed by atoms with E-state index in [2.05, 4.69) is 29.5 Å². The number of nitrogens with one attached hydrogen (secondary N) is 1. The molecule has 0 aliphatic heterocycles. The highest BCUT2D eigenvalue weighted by Gasteiger charge is 2.10. The average molecular weight is 324 g/mol. The Morgan fingerprint density at radius 1 is 1.17 bits per heavy atom. The lowest BCUT2D eigenvalue weighted by atomic mass is 10.0. The van der Waals surface area contributed by atoms with E-state index in [1.807, 2.05) is 42.5 Å². The third-order valence-electron chi connectivity index (χ3n) is 3.82. The second-order valence-electron chi connectivity index (χ2n) is 5.85. The number of thiazole rings is 1. The van der Waals surface area contributed by atoms with Gasteiger partial charge in [0, 0.05) is 23.9 Å². The minimum Gasteiger partial charge on any atom is -0.352 e. The zero-order valence-corrected chi connectivity index (χ0v) is 14.2. The Morgan fingerprint density at radius 3 is 2.74 bits per heavy atom. The Hall–Kier alpha value is -2.20. The van der Waals surface area contributed by atoms with Crippen molar-refractivity contribution in [2.75, 3.05) is 6.54 Å². The molecule has 0 saturated carbocycles. The van der Waals surface area contributed by atoms with Gasteiger partial charge in [-0.25, -0.2) is 4.98 Å². The molecule has 0 aliphatic rings. The highest BCUT2D eigenvalue weighted by molar-refractivity contribution is 7.09. The Kier molecular flexibility index (Phi) is 4.72. The lowest BCUT2D eigenvalue weighted by Gasteiger charge is -2.07. The minimum absolute atomic E-state index is 0.0255. The third-order valence-corrected chi connectivity index (χ3v) is 4.75. The number of rotatable bonds is 5. The fourth-order valence-corrected chi connectivity index (χ4v) is 3.47. The molecule has 1 amide bonds. The van der Waals surface area contributed by atoms with Crippen LogP contribution in [0.3, 0.4) is 0 Å². The van der Waals surface area contributed by atoms with Gasteiger partial charge in [0.1, 0.15) is 0 Å². The predicted octanol–water partition coefficient (Wildman–Crippen LogP) is 4.39. The first-order valence-electron chi connectivity index (χ1n) is 7.85. The van der Waals surface area contributed by atoms with Crippen molar-refractivity contribution in [3.8, 4) is 0 Å². The summed E-state index contributed by atoms with van der Waals surface area (Å²) in [4.78, 5) is 17.0. The summed E-state index contributed by atoms with van der Waals surface area (Å²) in [6.45, 7) is 4.88. The smallest absolute Gasteiger partial charge is 0.251 e. The number of fused-ring (bicyclic) bond motifs is 1. The number of nitrogens with zero attached hydrogens (tertiary/aromatic N) is 1. The first-order valence-corrected chi connectivity index (χ1v) is 8.73. The van der Waals surface area contributed by atoms with Gasteiger partial charge in [-0.2, -0.15) is 0 Å². The Balaban J connectivity index is 1.64. The molecule has 1 aromatic heterocycles. The van der Waals surface area contributed by atoms with Crippen LogP contribution in [0.4, 0.5) is 0 Å². The van der Waals surface area contributed by atoms with Gasteiger partial charge in [0.25, 0.3) is 5.91 Å². The number of hydrogen-bond acceptors (Lipinski definition) is 3. The van der Waals surface area contributed by atoms with Crippen molar-refractivity contribution in [2.45, 2.75) is 26.2 Å². The number of carbonyl (C=O) groups is 1. The van der Waals surface area contributed by atoms with E-state index in [0.29, 0.717) is 12.5 Å². The first-order chi connectivity index (χ1) is 11.1. The molecule has 0 saturated heterocycles. The van der Waals surface area contributed by atoms with Crippen molar-refractivity contribution in [3.05, 3.63) is 64.1 Å². The molecule has 0 unspecified atom stereocenters. The molecular weight excluding hydrogens is 304 g/mol. The monoisotopic (exact) mass is 324 g/mol. The number of hydrogen-bond donors (Lipinski definition) is 1. The standard InChI is InChI=1S/C19H20N2OS/c1-13(2)17-12-23-18(21-17)10-11-20-19(22)16-9-5-7-14-6-3-4-8-15(14)16/h3-9,12-13H,10-11H2,1-2H3,(H,20,22). The predicted molar refractivity (Wildman–Crippen MR) is 96.2 cm³/mol. The molecule has 4 heteroatoms. The summed E-state index contributed by atoms with van der Waals surface area (Å²) >= 11 is 1.67. The lowest BCUT2D eigenvalue weighted by Crippen LogP contribution is -2.25. The minimum atomic E-state index is -0.0255. The van der Waals surface area contributed by atoms with Crippen LogP contribution in [-0.2, 0) is 6.42 Å². The highest BCUT2D eigenvalue weighted by atomic mass is 32.1. The molecule has 3 aromatic rings. The molecule has 118 valence electrons. The fourth-order valence-electron chi connectivity index (χ4n) is 2.51. The number of benzene rings is 2. The molecule has 0 radical (unpaired) electrons. The van der Waals surface area contributed by atoms with Gasteiger partial charge in [-0.3, -0.25) is 4.79 Å². The van der Waals surface area contributed by atoms with Crippen LogP contribution in [0, 0.1) is 0 Å². The summed E-state index contributed by atoms with van der Waals surface area (Å²) in [6.07, 6.45) is 0.772. The van der Waals surface area contributed by atoms with E-state index in [-0.39, 0.29) is 5.91 Å². The quantitative estimate of drug-likeness (QED) is 0.756. The third kappa shape index (κ3) is 3.59. The summed E-state index contributed by atoms with van der Waals surface area (Å²) in [5, 5.41) is 8.26. The van der Waals surface area contributed by atoms with Crippen molar-refractivity contribution in [2.24, 2.45) is 0 Å². The van der Waals surface area contributed by atoms with E-state index >= 15 is 0 Å². The van der Waals surface area contributed by atoms with Crippen LogP contribution in [0.15, 0.2) is 47.8 Å². The molecule has 3 nitrogen and oxygen atoms in total. The molecule has 2 aromatic carbocycles. The number of amides is 1. The van der Waals surface area contributed by atoms with Crippen molar-refractivity contribution in [3.63, 3.8) is 0 Å². The molecule has 1 heterocycles. The molecule has 0 spiro atoms. The van der Waals surface area contributed by atoms with Crippen molar-refractivity contribution < 1.29 is 4.79 Å². The zero-order valence-electron chi connectivity index (χ0n) is 13.4. The van der Waals surface area contributed by atoms with Gasteiger partial charge in [-0.1, -0.05) is 50.2 Å². The second kappa shape index (κ2) is 6.92. The van der Waals surface area contributed by atoms with Crippen molar-refractivity contribution in [1.82, 2.24) is 10.3 Å². The van der Waals surface area contributed by atoms with Crippen LogP contribution in [0.1, 0.15) is 40.8 Å². The Labute approximate surface area is 140 Å². The average Bonchev–Trinajstić information content (AvgIpc) is 3.03. The summed E-state index contributed by atoms with van der Waals surface area (Å²) in [6, 6.07) is 13.8. The molecule has 3 rings (SSSR count). The summed E-state index contributed by atoms with van der Waals surface area (Å²) < 4.78 is 0. The summed E-state index contributed by atoms with van der Waals surface area (Å²) in [5.74, 6) is 0.424. The maximum atomic E-state index is 12.4. The Morgan fingerprint density at radius 2 is 1.96 bits per heavy atom. The molecule has 1 N–H and O–H groups in total. The number of aromatic nitrogens is 1. The van der Waals surface area contributed by atoms with Crippen LogP contribution in [-0.4, -0.2) is 17.4 Å². The van der Waals surface area contributed by atoms with Crippen LogP contribution < -0.4 is 5.32 Å². The van der Waals surface area contributed by atoms with E-state index in [1.165, 1.54) is 0 Å². The first kappa shape index (κ1) is 15.7. The van der Waals surface area contributed by atoms with Crippen LogP contribution >= 0.6 is 11.3 Å².